The third kappa shape index (κ3) is 2.33. The molecule has 4 nitrogen and oxygen atoms in total. The minimum absolute atomic E-state index is 0.867. The molecule has 0 aliphatic carbocycles. The lowest BCUT2D eigenvalue weighted by Crippen LogP contribution is -2.14. The Hall–Kier alpha value is -3.14. The number of hydrogen-bond donors (Lipinski definition) is 0. The molecule has 0 bridgehead atoms. The van der Waals surface area contributed by atoms with E-state index in [1.54, 1.807) is 0 Å². The zero-order valence-electron chi connectivity index (χ0n) is 13.7. The molecule has 0 aliphatic heterocycles. The fourth-order valence-electron chi connectivity index (χ4n) is 2.93. The second kappa shape index (κ2) is 5.81. The van der Waals surface area contributed by atoms with Crippen LogP contribution in [0.5, 0.6) is 0 Å². The van der Waals surface area contributed by atoms with Crippen LogP contribution in [0.25, 0.3) is 28.0 Å². The molecule has 0 radical (unpaired) electrons. The molecule has 118 valence electrons. The van der Waals surface area contributed by atoms with Crippen molar-refractivity contribution < 1.29 is 0 Å². The second-order valence-corrected chi connectivity index (χ2v) is 5.87. The molecule has 0 fully saturated rings. The van der Waals surface area contributed by atoms with Crippen molar-refractivity contribution in [2.24, 2.45) is 0 Å². The van der Waals surface area contributed by atoms with Gasteiger partial charge < -0.3 is 4.90 Å². The molecule has 2 aromatic heterocycles. The lowest BCUT2D eigenvalue weighted by atomic mass is 10.1. The van der Waals surface area contributed by atoms with E-state index in [4.69, 9.17) is 4.98 Å². The number of pyridine rings is 1. The molecular weight excluding hydrogens is 296 g/mol. The minimum atomic E-state index is 0.867. The summed E-state index contributed by atoms with van der Waals surface area (Å²) in [4.78, 5) is 11.5. The van der Waals surface area contributed by atoms with Crippen molar-refractivity contribution in [2.45, 2.75) is 0 Å². The van der Waals surface area contributed by atoms with Crippen LogP contribution in [0.3, 0.4) is 0 Å². The van der Waals surface area contributed by atoms with Gasteiger partial charge in [0.2, 0.25) is 5.95 Å². The van der Waals surface area contributed by atoms with Crippen LogP contribution in [0, 0.1) is 0 Å². The van der Waals surface area contributed by atoms with E-state index in [1.165, 1.54) is 0 Å². The number of imidazole rings is 1. The second-order valence-electron chi connectivity index (χ2n) is 5.87. The highest BCUT2D eigenvalue weighted by Gasteiger charge is 2.18. The van der Waals surface area contributed by atoms with Gasteiger partial charge in [-0.05, 0) is 23.8 Å². The van der Waals surface area contributed by atoms with Crippen molar-refractivity contribution in [1.82, 2.24) is 14.5 Å². The van der Waals surface area contributed by atoms with Crippen LogP contribution in [0.4, 0.5) is 5.95 Å². The minimum Gasteiger partial charge on any atom is -0.348 e. The number of anilines is 1. The third-order valence-electron chi connectivity index (χ3n) is 4.03. The summed E-state index contributed by atoms with van der Waals surface area (Å²) >= 11 is 0. The molecule has 0 aliphatic rings. The average molecular weight is 314 g/mol. The summed E-state index contributed by atoms with van der Waals surface area (Å²) in [5.74, 6) is 0.868. The first-order valence-corrected chi connectivity index (χ1v) is 7.91. The van der Waals surface area contributed by atoms with Crippen molar-refractivity contribution in [1.29, 1.82) is 0 Å². The van der Waals surface area contributed by atoms with E-state index < -0.39 is 0 Å². The first-order chi connectivity index (χ1) is 11.8. The zero-order chi connectivity index (χ0) is 16.5. The standard InChI is InChI=1S/C20H18N4/c1-23(2)20-22-18-17(15-9-5-3-6-10-15)13-14-21-19(18)24(20)16-11-7-4-8-12-16/h3-14H,1-2H3. The van der Waals surface area contributed by atoms with Gasteiger partial charge in [-0.2, -0.15) is 0 Å². The van der Waals surface area contributed by atoms with E-state index in [9.17, 15) is 0 Å². The summed E-state index contributed by atoms with van der Waals surface area (Å²) < 4.78 is 2.10. The monoisotopic (exact) mass is 314 g/mol. The maximum atomic E-state index is 4.89. The van der Waals surface area contributed by atoms with Crippen LogP contribution in [-0.4, -0.2) is 28.6 Å². The van der Waals surface area contributed by atoms with Crippen LogP contribution in [0.15, 0.2) is 72.9 Å². The van der Waals surface area contributed by atoms with Gasteiger partial charge in [0.25, 0.3) is 0 Å². The zero-order valence-corrected chi connectivity index (χ0v) is 13.7. The third-order valence-corrected chi connectivity index (χ3v) is 4.03. The molecule has 2 aromatic carbocycles. The topological polar surface area (TPSA) is 34.0 Å². The van der Waals surface area contributed by atoms with E-state index in [0.29, 0.717) is 0 Å². The molecule has 0 unspecified atom stereocenters. The number of para-hydroxylation sites is 1. The predicted octanol–water partition coefficient (Wildman–Crippen LogP) is 4.15. The SMILES string of the molecule is CN(C)c1nc2c(-c3ccccc3)ccnc2n1-c1ccccc1. The summed E-state index contributed by atoms with van der Waals surface area (Å²) in [6.45, 7) is 0. The Morgan fingerprint density at radius 2 is 1.50 bits per heavy atom. The van der Waals surface area contributed by atoms with E-state index in [-0.39, 0.29) is 0 Å². The Bertz CT molecular complexity index is 973. The Balaban J connectivity index is 2.05. The normalized spacial score (nSPS) is 10.9. The highest BCUT2D eigenvalue weighted by molar-refractivity contribution is 5.92. The molecule has 0 N–H and O–H groups in total. The van der Waals surface area contributed by atoms with E-state index in [2.05, 4.69) is 33.8 Å². The molecule has 2 heterocycles. The van der Waals surface area contributed by atoms with Crippen molar-refractivity contribution in [2.75, 3.05) is 19.0 Å². The molecule has 4 rings (SSSR count). The Labute approximate surface area is 141 Å². The number of nitrogens with zero attached hydrogens (tertiary/aromatic N) is 4. The van der Waals surface area contributed by atoms with E-state index in [0.717, 1.165) is 33.9 Å². The number of fused-ring (bicyclic) bond motifs is 1. The smallest absolute Gasteiger partial charge is 0.212 e. The molecule has 4 aromatic rings. The summed E-state index contributed by atoms with van der Waals surface area (Å²) in [6.07, 6.45) is 1.85. The number of rotatable bonds is 3. The van der Waals surface area contributed by atoms with Crippen molar-refractivity contribution in [3.8, 4) is 16.8 Å². The van der Waals surface area contributed by atoms with Crippen LogP contribution in [-0.2, 0) is 0 Å². The Morgan fingerprint density at radius 1 is 0.833 bits per heavy atom. The molecular formula is C20H18N4. The van der Waals surface area contributed by atoms with Gasteiger partial charge in [0.05, 0.1) is 5.69 Å². The quantitative estimate of drug-likeness (QED) is 0.569. The van der Waals surface area contributed by atoms with Crippen LogP contribution in [0.1, 0.15) is 0 Å². The fourth-order valence-corrected chi connectivity index (χ4v) is 2.93. The summed E-state index contributed by atoms with van der Waals surface area (Å²) in [5.41, 5.74) is 5.08. The predicted molar refractivity (Wildman–Crippen MR) is 98.6 cm³/mol. The summed E-state index contributed by atoms with van der Waals surface area (Å²) in [5, 5.41) is 0. The molecule has 0 saturated carbocycles. The lowest BCUT2D eigenvalue weighted by Gasteiger charge is -2.14. The van der Waals surface area contributed by atoms with Gasteiger partial charge in [0.15, 0.2) is 5.65 Å². The number of benzene rings is 2. The van der Waals surface area contributed by atoms with E-state index in [1.807, 2.05) is 67.7 Å². The maximum Gasteiger partial charge on any atom is 0.212 e. The largest absolute Gasteiger partial charge is 0.348 e. The highest BCUT2D eigenvalue weighted by Crippen LogP contribution is 2.31. The molecule has 0 spiro atoms. The van der Waals surface area contributed by atoms with Crippen molar-refractivity contribution >= 4 is 17.1 Å². The van der Waals surface area contributed by atoms with Crippen LogP contribution in [0.2, 0.25) is 0 Å². The average Bonchev–Trinajstić information content (AvgIpc) is 3.03. The fraction of sp³-hybridized carbons (Fsp3) is 0.100. The maximum absolute atomic E-state index is 4.89. The Morgan fingerprint density at radius 3 is 2.17 bits per heavy atom. The summed E-state index contributed by atoms with van der Waals surface area (Å²) in [6, 6.07) is 22.6. The van der Waals surface area contributed by atoms with Crippen molar-refractivity contribution in [3.05, 3.63) is 72.9 Å². The van der Waals surface area contributed by atoms with Crippen LogP contribution < -0.4 is 4.90 Å². The first-order valence-electron chi connectivity index (χ1n) is 7.91. The summed E-state index contributed by atoms with van der Waals surface area (Å²) in [7, 11) is 4.01. The number of aromatic nitrogens is 3. The first kappa shape index (κ1) is 14.5. The van der Waals surface area contributed by atoms with Gasteiger partial charge in [0, 0.05) is 25.9 Å². The molecule has 0 atom stereocenters. The molecule has 4 heteroatoms. The van der Waals surface area contributed by atoms with Gasteiger partial charge >= 0.3 is 0 Å². The molecule has 0 saturated heterocycles. The highest BCUT2D eigenvalue weighted by atomic mass is 15.3. The van der Waals surface area contributed by atoms with Gasteiger partial charge in [-0.25, -0.2) is 9.97 Å². The molecule has 24 heavy (non-hydrogen) atoms. The lowest BCUT2D eigenvalue weighted by molar-refractivity contribution is 0.963. The van der Waals surface area contributed by atoms with Gasteiger partial charge in [-0.3, -0.25) is 4.57 Å². The van der Waals surface area contributed by atoms with Gasteiger partial charge in [0.1, 0.15) is 5.52 Å². The van der Waals surface area contributed by atoms with E-state index >= 15 is 0 Å². The number of hydrogen-bond acceptors (Lipinski definition) is 3. The van der Waals surface area contributed by atoms with Crippen LogP contribution >= 0.6 is 0 Å². The van der Waals surface area contributed by atoms with Gasteiger partial charge in [-0.15, -0.1) is 0 Å². The van der Waals surface area contributed by atoms with Gasteiger partial charge in [-0.1, -0.05) is 48.5 Å². The van der Waals surface area contributed by atoms with Crippen molar-refractivity contribution in [3.63, 3.8) is 0 Å². The Kier molecular flexibility index (Phi) is 3.50. The molecule has 0 amide bonds.